The zero-order valence-electron chi connectivity index (χ0n) is 26.5. The van der Waals surface area contributed by atoms with Crippen LogP contribution in [0.25, 0.3) is 65.1 Å². The Hall–Kier alpha value is -5.51. The summed E-state index contributed by atoms with van der Waals surface area (Å²) in [5, 5.41) is 21.9. The van der Waals surface area contributed by atoms with Gasteiger partial charge in [0.15, 0.2) is 0 Å². The average molecular weight is 607 g/mol. The second-order valence-corrected chi connectivity index (χ2v) is 13.2. The van der Waals surface area contributed by atoms with Crippen molar-refractivity contribution in [3.8, 4) is 5.75 Å². The van der Waals surface area contributed by atoms with Crippen LogP contribution in [0, 0.1) is 5.92 Å². The van der Waals surface area contributed by atoms with Gasteiger partial charge in [0.2, 0.25) is 0 Å². The van der Waals surface area contributed by atoms with Gasteiger partial charge in [-0.05, 0) is 110 Å². The first-order valence-electron chi connectivity index (χ1n) is 16.4. The number of para-hydroxylation sites is 1. The topological polar surface area (TPSA) is 36.4 Å². The molecule has 8 aromatic rings. The van der Waals surface area contributed by atoms with Crippen LogP contribution in [0.15, 0.2) is 133 Å². The molecule has 1 aliphatic carbocycles. The highest BCUT2D eigenvalue weighted by Gasteiger charge is 2.32. The summed E-state index contributed by atoms with van der Waals surface area (Å²) in [5.74, 6) is 0.461. The smallest absolute Gasteiger partial charge is 0.116 e. The Kier molecular flexibility index (Phi) is 6.38. The monoisotopic (exact) mass is 606 g/mol. The Morgan fingerprint density at radius 2 is 1.30 bits per heavy atom. The molecule has 0 bridgehead atoms. The van der Waals surface area contributed by atoms with Gasteiger partial charge in [-0.3, -0.25) is 4.98 Å². The van der Waals surface area contributed by atoms with Gasteiger partial charge in [-0.15, -0.1) is 0 Å². The molecule has 0 saturated heterocycles. The molecule has 1 unspecified atom stereocenters. The standard InChI is InChI=1S/C44H34N2O/c1-46(2)26-31-25-41-39(24-29-10-4-6-16-40(29)45-41)44(42(31)30-12-7-13-32(47)23-30)38-15-8-11-28-18-20-36-35-19-17-27-9-3-5-14-33(27)34(35)21-22-37(36)43(28)38/h3-24,31,47H,25-26H2,1-2H3. The van der Waals surface area contributed by atoms with E-state index in [9.17, 15) is 5.11 Å². The van der Waals surface area contributed by atoms with Gasteiger partial charge in [0.25, 0.3) is 0 Å². The molecule has 226 valence electrons. The fourth-order valence-electron chi connectivity index (χ4n) is 8.05. The highest BCUT2D eigenvalue weighted by atomic mass is 16.3. The molecule has 0 saturated carbocycles. The highest BCUT2D eigenvalue weighted by molar-refractivity contribution is 6.24. The summed E-state index contributed by atoms with van der Waals surface area (Å²) in [4.78, 5) is 7.57. The lowest BCUT2D eigenvalue weighted by atomic mass is 9.74. The zero-order chi connectivity index (χ0) is 31.6. The summed E-state index contributed by atoms with van der Waals surface area (Å²) < 4.78 is 0. The van der Waals surface area contributed by atoms with Crippen molar-refractivity contribution in [3.63, 3.8) is 0 Å². The number of aromatic hydroxyl groups is 1. The minimum Gasteiger partial charge on any atom is -0.508 e. The number of hydrogen-bond acceptors (Lipinski definition) is 3. The summed E-state index contributed by atoms with van der Waals surface area (Å²) in [6.07, 6.45) is 0.829. The van der Waals surface area contributed by atoms with Crippen molar-refractivity contribution in [2.75, 3.05) is 20.6 Å². The molecular weight excluding hydrogens is 572 g/mol. The van der Waals surface area contributed by atoms with Crippen molar-refractivity contribution in [2.45, 2.75) is 6.42 Å². The second kappa shape index (κ2) is 10.8. The van der Waals surface area contributed by atoms with Crippen LogP contribution in [0.1, 0.15) is 22.4 Å². The van der Waals surface area contributed by atoms with Crippen LogP contribution in [-0.2, 0) is 6.42 Å². The normalized spacial score (nSPS) is 15.0. The van der Waals surface area contributed by atoms with E-state index in [1.54, 1.807) is 6.07 Å². The molecule has 0 fully saturated rings. The number of phenolic OH excluding ortho intramolecular Hbond substituents is 1. The van der Waals surface area contributed by atoms with Gasteiger partial charge in [-0.1, -0.05) is 109 Å². The van der Waals surface area contributed by atoms with Crippen molar-refractivity contribution in [1.29, 1.82) is 0 Å². The molecule has 9 rings (SSSR count). The number of benzene rings is 7. The predicted octanol–water partition coefficient (Wildman–Crippen LogP) is 10.2. The van der Waals surface area contributed by atoms with Crippen LogP contribution in [0.4, 0.5) is 0 Å². The zero-order valence-corrected chi connectivity index (χ0v) is 26.5. The molecule has 47 heavy (non-hydrogen) atoms. The van der Waals surface area contributed by atoms with Crippen LogP contribution in [0.5, 0.6) is 5.75 Å². The van der Waals surface area contributed by atoms with Crippen LogP contribution >= 0.6 is 0 Å². The molecule has 0 amide bonds. The molecule has 1 atom stereocenters. The van der Waals surface area contributed by atoms with E-state index in [4.69, 9.17) is 4.98 Å². The van der Waals surface area contributed by atoms with Gasteiger partial charge in [0.1, 0.15) is 5.75 Å². The summed E-state index contributed by atoms with van der Waals surface area (Å²) in [5.41, 5.74) is 8.05. The predicted molar refractivity (Wildman–Crippen MR) is 198 cm³/mol. The number of rotatable bonds is 4. The summed E-state index contributed by atoms with van der Waals surface area (Å²) >= 11 is 0. The molecule has 7 aromatic carbocycles. The fourth-order valence-corrected chi connectivity index (χ4v) is 8.05. The Bertz CT molecular complexity index is 2580. The molecule has 1 heterocycles. The fraction of sp³-hybridized carbons (Fsp3) is 0.114. The first kappa shape index (κ1) is 27.8. The second-order valence-electron chi connectivity index (χ2n) is 13.2. The number of pyridine rings is 1. The summed E-state index contributed by atoms with van der Waals surface area (Å²) in [6, 6.07) is 47.7. The van der Waals surface area contributed by atoms with E-state index in [0.29, 0.717) is 0 Å². The van der Waals surface area contributed by atoms with Crippen LogP contribution in [-0.4, -0.2) is 35.6 Å². The van der Waals surface area contributed by atoms with Gasteiger partial charge in [-0.25, -0.2) is 0 Å². The Morgan fingerprint density at radius 3 is 2.15 bits per heavy atom. The van der Waals surface area contributed by atoms with Crippen molar-refractivity contribution >= 4 is 65.1 Å². The van der Waals surface area contributed by atoms with Crippen LogP contribution in [0.3, 0.4) is 0 Å². The largest absolute Gasteiger partial charge is 0.508 e. The maximum Gasteiger partial charge on any atom is 0.116 e. The first-order chi connectivity index (χ1) is 23.0. The third-order valence-corrected chi connectivity index (χ3v) is 9.96. The van der Waals surface area contributed by atoms with E-state index in [1.165, 1.54) is 65.4 Å². The van der Waals surface area contributed by atoms with Gasteiger partial charge in [-0.2, -0.15) is 0 Å². The maximum atomic E-state index is 10.7. The molecule has 3 heteroatoms. The lowest BCUT2D eigenvalue weighted by molar-refractivity contribution is 0.361. The van der Waals surface area contributed by atoms with Crippen LogP contribution in [0.2, 0.25) is 0 Å². The molecule has 0 aliphatic heterocycles. The Labute approximate surface area is 274 Å². The number of fused-ring (bicyclic) bond motifs is 9. The number of hydrogen-bond donors (Lipinski definition) is 1. The summed E-state index contributed by atoms with van der Waals surface area (Å²) in [6.45, 7) is 0.867. The molecule has 0 radical (unpaired) electrons. The van der Waals surface area contributed by atoms with Gasteiger partial charge in [0.05, 0.1) is 5.52 Å². The van der Waals surface area contributed by atoms with E-state index in [-0.39, 0.29) is 11.7 Å². The van der Waals surface area contributed by atoms with E-state index < -0.39 is 0 Å². The summed E-state index contributed by atoms with van der Waals surface area (Å²) in [7, 11) is 4.28. The van der Waals surface area contributed by atoms with E-state index in [0.717, 1.165) is 35.1 Å². The van der Waals surface area contributed by atoms with E-state index >= 15 is 0 Å². The van der Waals surface area contributed by atoms with Gasteiger partial charge < -0.3 is 10.0 Å². The van der Waals surface area contributed by atoms with Gasteiger partial charge >= 0.3 is 0 Å². The lowest BCUT2D eigenvalue weighted by Gasteiger charge is -2.33. The highest BCUT2D eigenvalue weighted by Crippen LogP contribution is 2.48. The molecule has 3 nitrogen and oxygen atoms in total. The van der Waals surface area contributed by atoms with Gasteiger partial charge in [0, 0.05) is 29.1 Å². The number of aromatic nitrogens is 1. The van der Waals surface area contributed by atoms with Crippen molar-refractivity contribution in [3.05, 3.63) is 156 Å². The van der Waals surface area contributed by atoms with E-state index in [1.807, 2.05) is 12.1 Å². The number of nitrogens with zero attached hydrogens (tertiary/aromatic N) is 2. The quantitative estimate of drug-likeness (QED) is 0.203. The first-order valence-corrected chi connectivity index (χ1v) is 16.4. The van der Waals surface area contributed by atoms with E-state index in [2.05, 4.69) is 134 Å². The third kappa shape index (κ3) is 4.50. The minimum absolute atomic E-state index is 0.181. The molecule has 0 spiro atoms. The molecule has 1 aromatic heterocycles. The van der Waals surface area contributed by atoms with Crippen molar-refractivity contribution in [2.24, 2.45) is 5.92 Å². The molecule has 1 aliphatic rings. The Balaban J connectivity index is 1.43. The molecule has 1 N–H and O–H groups in total. The van der Waals surface area contributed by atoms with Crippen LogP contribution < -0.4 is 0 Å². The van der Waals surface area contributed by atoms with Crippen molar-refractivity contribution in [1.82, 2.24) is 9.88 Å². The average Bonchev–Trinajstić information content (AvgIpc) is 3.09. The SMILES string of the molecule is CN(C)CC1Cc2nc3ccccc3cc2C(c2cccc3ccc4c5ccc6ccccc6c5ccc4c23)=C1c1cccc(O)c1. The minimum atomic E-state index is 0.181. The van der Waals surface area contributed by atoms with Crippen molar-refractivity contribution < 1.29 is 5.11 Å². The molecular formula is C44H34N2O. The lowest BCUT2D eigenvalue weighted by Crippen LogP contribution is -2.28. The Morgan fingerprint density at radius 1 is 0.617 bits per heavy atom. The third-order valence-electron chi connectivity index (χ3n) is 9.96. The number of phenols is 1. The maximum absolute atomic E-state index is 10.7.